The van der Waals surface area contributed by atoms with Crippen LogP contribution in [0.5, 0.6) is 0 Å². The van der Waals surface area contributed by atoms with E-state index in [2.05, 4.69) is 10.1 Å². The summed E-state index contributed by atoms with van der Waals surface area (Å²) in [6.07, 6.45) is 0. The molecule has 1 aromatic rings. The highest BCUT2D eigenvalue weighted by Gasteiger charge is 2.20. The highest BCUT2D eigenvalue weighted by Crippen LogP contribution is 2.11. The van der Waals surface area contributed by atoms with E-state index in [9.17, 15) is 8.42 Å². The maximum absolute atomic E-state index is 11.6. The van der Waals surface area contributed by atoms with Gasteiger partial charge in [-0.3, -0.25) is 4.90 Å². The first-order valence-electron chi connectivity index (χ1n) is 6.24. The minimum atomic E-state index is -2.95. The number of sulfone groups is 1. The molecule has 0 saturated carbocycles. The number of aromatic nitrogens is 1. The van der Waals surface area contributed by atoms with E-state index in [4.69, 9.17) is 4.52 Å². The van der Waals surface area contributed by atoms with Crippen molar-refractivity contribution in [1.29, 1.82) is 0 Å². The van der Waals surface area contributed by atoms with Crippen LogP contribution in [-0.2, 0) is 16.4 Å². The number of rotatable bonds is 7. The molecule has 1 rings (SSSR count). The molecule has 6 heteroatoms. The fourth-order valence-corrected chi connectivity index (χ4v) is 3.04. The largest absolute Gasteiger partial charge is 0.360 e. The molecule has 0 aliphatic rings. The average Bonchev–Trinajstić information content (AvgIpc) is 2.71. The molecule has 0 amide bonds. The van der Waals surface area contributed by atoms with E-state index in [1.165, 1.54) is 0 Å². The standard InChI is InChI=1S/C12H22N2O3S/c1-5-14(8-12-7-10(3)13-17-12)11(4)9-18(15,16)6-2/h7,11H,5-6,8-9H2,1-4H3/t11-/m0/s1. The van der Waals surface area contributed by atoms with Gasteiger partial charge in [0.15, 0.2) is 15.6 Å². The summed E-state index contributed by atoms with van der Waals surface area (Å²) >= 11 is 0. The van der Waals surface area contributed by atoms with Gasteiger partial charge in [0, 0.05) is 17.9 Å². The van der Waals surface area contributed by atoms with Crippen LogP contribution in [0, 0.1) is 6.92 Å². The second kappa shape index (κ2) is 6.33. The Morgan fingerprint density at radius 1 is 1.44 bits per heavy atom. The SMILES string of the molecule is CCN(Cc1cc(C)no1)[C@@H](C)CS(=O)(=O)CC. The number of hydrogen-bond acceptors (Lipinski definition) is 5. The van der Waals surface area contributed by atoms with Gasteiger partial charge in [-0.1, -0.05) is 19.0 Å². The molecule has 0 spiro atoms. The maximum Gasteiger partial charge on any atom is 0.151 e. The fraction of sp³-hybridized carbons (Fsp3) is 0.750. The first kappa shape index (κ1) is 15.2. The van der Waals surface area contributed by atoms with Gasteiger partial charge in [-0.2, -0.15) is 0 Å². The predicted octanol–water partition coefficient (Wildman–Crippen LogP) is 1.63. The Bertz CT molecular complexity index is 467. The van der Waals surface area contributed by atoms with Crippen molar-refractivity contribution in [3.05, 3.63) is 17.5 Å². The van der Waals surface area contributed by atoms with Crippen molar-refractivity contribution in [2.24, 2.45) is 0 Å². The number of hydrogen-bond donors (Lipinski definition) is 0. The minimum absolute atomic E-state index is 0.0228. The smallest absolute Gasteiger partial charge is 0.151 e. The van der Waals surface area contributed by atoms with Crippen LogP contribution in [0.1, 0.15) is 32.2 Å². The van der Waals surface area contributed by atoms with Gasteiger partial charge < -0.3 is 4.52 Å². The summed E-state index contributed by atoms with van der Waals surface area (Å²) < 4.78 is 28.4. The lowest BCUT2D eigenvalue weighted by molar-refractivity contribution is 0.199. The Morgan fingerprint density at radius 3 is 2.56 bits per heavy atom. The Balaban J connectivity index is 2.66. The van der Waals surface area contributed by atoms with Crippen molar-refractivity contribution in [2.75, 3.05) is 18.1 Å². The van der Waals surface area contributed by atoms with Gasteiger partial charge in [0.05, 0.1) is 18.0 Å². The molecule has 5 nitrogen and oxygen atoms in total. The van der Waals surface area contributed by atoms with Gasteiger partial charge in [0.1, 0.15) is 0 Å². The van der Waals surface area contributed by atoms with Gasteiger partial charge >= 0.3 is 0 Å². The molecule has 1 atom stereocenters. The Kier molecular flexibility index (Phi) is 5.34. The molecule has 0 saturated heterocycles. The molecule has 0 aliphatic heterocycles. The van der Waals surface area contributed by atoms with Crippen molar-refractivity contribution in [3.8, 4) is 0 Å². The third kappa shape index (κ3) is 4.42. The molecular formula is C12H22N2O3S. The lowest BCUT2D eigenvalue weighted by atomic mass is 10.3. The van der Waals surface area contributed by atoms with Gasteiger partial charge in [-0.25, -0.2) is 8.42 Å². The third-order valence-electron chi connectivity index (χ3n) is 3.00. The predicted molar refractivity (Wildman–Crippen MR) is 71.1 cm³/mol. The maximum atomic E-state index is 11.6. The molecule has 0 aliphatic carbocycles. The van der Waals surface area contributed by atoms with Crippen molar-refractivity contribution in [3.63, 3.8) is 0 Å². The van der Waals surface area contributed by atoms with Crippen LogP contribution < -0.4 is 0 Å². The van der Waals surface area contributed by atoms with E-state index in [-0.39, 0.29) is 17.5 Å². The van der Waals surface area contributed by atoms with Crippen molar-refractivity contribution >= 4 is 9.84 Å². The molecule has 1 aromatic heterocycles. The first-order valence-corrected chi connectivity index (χ1v) is 8.06. The summed E-state index contributed by atoms with van der Waals surface area (Å²) in [6, 6.07) is 1.86. The zero-order chi connectivity index (χ0) is 13.8. The normalized spacial score (nSPS) is 14.1. The van der Waals surface area contributed by atoms with Crippen molar-refractivity contribution in [1.82, 2.24) is 10.1 Å². The summed E-state index contributed by atoms with van der Waals surface area (Å²) in [5.41, 5.74) is 0.842. The van der Waals surface area contributed by atoms with Crippen molar-refractivity contribution < 1.29 is 12.9 Å². The second-order valence-corrected chi connectivity index (χ2v) is 6.94. The van der Waals surface area contributed by atoms with E-state index >= 15 is 0 Å². The highest BCUT2D eigenvalue weighted by atomic mass is 32.2. The van der Waals surface area contributed by atoms with Gasteiger partial charge in [0.25, 0.3) is 0 Å². The molecular weight excluding hydrogens is 252 g/mol. The number of aryl methyl sites for hydroxylation is 1. The zero-order valence-electron chi connectivity index (χ0n) is 11.5. The third-order valence-corrected chi connectivity index (χ3v) is 4.87. The summed E-state index contributed by atoms with van der Waals surface area (Å²) in [4.78, 5) is 2.08. The van der Waals surface area contributed by atoms with Crippen LogP contribution in [0.4, 0.5) is 0 Å². The van der Waals surface area contributed by atoms with Gasteiger partial charge in [-0.15, -0.1) is 0 Å². The average molecular weight is 274 g/mol. The van der Waals surface area contributed by atoms with E-state index < -0.39 is 9.84 Å². The van der Waals surface area contributed by atoms with Gasteiger partial charge in [0.2, 0.25) is 0 Å². The van der Waals surface area contributed by atoms with Crippen LogP contribution in [0.2, 0.25) is 0 Å². The molecule has 0 bridgehead atoms. The monoisotopic (exact) mass is 274 g/mol. The van der Waals surface area contributed by atoms with E-state index in [1.54, 1.807) is 6.92 Å². The summed E-state index contributed by atoms with van der Waals surface area (Å²) in [6.45, 7) is 8.86. The van der Waals surface area contributed by atoms with E-state index in [1.807, 2.05) is 26.8 Å². The van der Waals surface area contributed by atoms with Crippen LogP contribution >= 0.6 is 0 Å². The molecule has 104 valence electrons. The fourth-order valence-electron chi connectivity index (χ4n) is 1.86. The van der Waals surface area contributed by atoms with Gasteiger partial charge in [-0.05, 0) is 20.4 Å². The highest BCUT2D eigenvalue weighted by molar-refractivity contribution is 7.91. The van der Waals surface area contributed by atoms with Crippen LogP contribution in [0.3, 0.4) is 0 Å². The van der Waals surface area contributed by atoms with Crippen LogP contribution in [0.25, 0.3) is 0 Å². The molecule has 0 N–H and O–H groups in total. The van der Waals surface area contributed by atoms with Crippen LogP contribution in [-0.4, -0.2) is 42.6 Å². The Hall–Kier alpha value is -0.880. The van der Waals surface area contributed by atoms with Crippen LogP contribution in [0.15, 0.2) is 10.6 Å². The Labute approximate surface area is 109 Å². The van der Waals surface area contributed by atoms with E-state index in [0.29, 0.717) is 6.54 Å². The lowest BCUT2D eigenvalue weighted by Crippen LogP contribution is -2.37. The molecule has 0 aromatic carbocycles. The van der Waals surface area contributed by atoms with E-state index in [0.717, 1.165) is 18.0 Å². The lowest BCUT2D eigenvalue weighted by Gasteiger charge is -2.26. The molecule has 18 heavy (non-hydrogen) atoms. The minimum Gasteiger partial charge on any atom is -0.360 e. The van der Waals surface area contributed by atoms with Crippen molar-refractivity contribution in [2.45, 2.75) is 40.3 Å². The first-order chi connectivity index (χ1) is 8.38. The quantitative estimate of drug-likeness (QED) is 0.756. The molecule has 1 heterocycles. The molecule has 0 unspecified atom stereocenters. The zero-order valence-corrected chi connectivity index (χ0v) is 12.3. The summed E-state index contributed by atoms with van der Waals surface area (Å²) in [7, 11) is -2.95. The number of nitrogens with zero attached hydrogens (tertiary/aromatic N) is 2. The summed E-state index contributed by atoms with van der Waals surface area (Å²) in [5.74, 6) is 1.15. The topological polar surface area (TPSA) is 63.4 Å². The molecule has 0 radical (unpaired) electrons. The Morgan fingerprint density at radius 2 is 2.11 bits per heavy atom. The second-order valence-electron chi connectivity index (χ2n) is 4.55. The molecule has 0 fully saturated rings. The summed E-state index contributed by atoms with van der Waals surface area (Å²) in [5, 5.41) is 3.83.